The molecule has 0 aliphatic carbocycles. The van der Waals surface area contributed by atoms with Gasteiger partial charge in [0.05, 0.1) is 10.7 Å². The van der Waals surface area contributed by atoms with E-state index in [0.717, 1.165) is 21.6 Å². The molecule has 1 aromatic heterocycles. The molecule has 2 aromatic rings. The molecule has 2 rings (SSSR count). The first kappa shape index (κ1) is 12.7. The van der Waals surface area contributed by atoms with Crippen LogP contribution in [0.1, 0.15) is 29.1 Å². The van der Waals surface area contributed by atoms with E-state index >= 15 is 0 Å². The second-order valence-electron chi connectivity index (χ2n) is 4.11. The number of aromatic nitrogens is 1. The van der Waals surface area contributed by atoms with Gasteiger partial charge in [0.1, 0.15) is 0 Å². The van der Waals surface area contributed by atoms with Crippen molar-refractivity contribution in [1.82, 2.24) is 4.98 Å². The second-order valence-corrected chi connectivity index (χ2v) is 5.97. The highest BCUT2D eigenvalue weighted by Crippen LogP contribution is 2.21. The van der Waals surface area contributed by atoms with Crippen LogP contribution in [0, 0.1) is 0 Å². The summed E-state index contributed by atoms with van der Waals surface area (Å²) in [5, 5.41) is 3.27. The fourth-order valence-corrected chi connectivity index (χ4v) is 2.97. The number of nitrogens with zero attached hydrogens (tertiary/aromatic N) is 1. The molecule has 90 valence electrons. The van der Waals surface area contributed by atoms with Crippen molar-refractivity contribution in [2.75, 3.05) is 6.54 Å². The van der Waals surface area contributed by atoms with Crippen LogP contribution in [0.25, 0.3) is 0 Å². The molecule has 0 amide bonds. The molecule has 2 nitrogen and oxygen atoms in total. The molecule has 1 heterocycles. The number of benzene rings is 1. The maximum atomic E-state index is 5.64. The first-order valence-electron chi connectivity index (χ1n) is 5.58. The van der Waals surface area contributed by atoms with E-state index < -0.39 is 0 Å². The van der Waals surface area contributed by atoms with Crippen LogP contribution in [-0.2, 0) is 6.42 Å². The zero-order valence-corrected chi connectivity index (χ0v) is 12.1. The van der Waals surface area contributed by atoms with Crippen LogP contribution in [-0.4, -0.2) is 11.5 Å². The van der Waals surface area contributed by atoms with Gasteiger partial charge >= 0.3 is 0 Å². The van der Waals surface area contributed by atoms with E-state index in [4.69, 9.17) is 5.73 Å². The van der Waals surface area contributed by atoms with E-state index in [1.54, 1.807) is 11.3 Å². The lowest BCUT2D eigenvalue weighted by Gasteiger charge is -2.03. The number of halogens is 1. The minimum absolute atomic E-state index is 0.350. The summed E-state index contributed by atoms with van der Waals surface area (Å²) in [7, 11) is 0. The zero-order valence-electron chi connectivity index (χ0n) is 9.69. The lowest BCUT2D eigenvalue weighted by molar-refractivity contribution is 0.748. The highest BCUT2D eigenvalue weighted by Gasteiger charge is 2.08. The molecule has 4 heteroatoms. The van der Waals surface area contributed by atoms with Gasteiger partial charge in [0.2, 0.25) is 0 Å². The SMILES string of the molecule is CC(CN)c1csc(Cc2cccc(Br)c2)n1. The number of rotatable bonds is 4. The van der Waals surface area contributed by atoms with Crippen molar-refractivity contribution >= 4 is 27.3 Å². The Kier molecular flexibility index (Phi) is 4.31. The molecule has 0 saturated carbocycles. The Morgan fingerprint density at radius 3 is 3.00 bits per heavy atom. The van der Waals surface area contributed by atoms with Crippen molar-refractivity contribution in [3.8, 4) is 0 Å². The van der Waals surface area contributed by atoms with Crippen LogP contribution in [0.4, 0.5) is 0 Å². The van der Waals surface area contributed by atoms with Gasteiger partial charge in [-0.25, -0.2) is 4.98 Å². The summed E-state index contributed by atoms with van der Waals surface area (Å²) in [6, 6.07) is 8.34. The first-order valence-corrected chi connectivity index (χ1v) is 7.25. The summed E-state index contributed by atoms with van der Waals surface area (Å²) in [5.41, 5.74) is 8.04. The monoisotopic (exact) mass is 310 g/mol. The molecule has 0 radical (unpaired) electrons. The quantitative estimate of drug-likeness (QED) is 0.937. The van der Waals surface area contributed by atoms with E-state index in [9.17, 15) is 0 Å². The Hall–Kier alpha value is -0.710. The average molecular weight is 311 g/mol. The molecule has 0 bridgehead atoms. The minimum Gasteiger partial charge on any atom is -0.330 e. The van der Waals surface area contributed by atoms with Crippen molar-refractivity contribution in [2.45, 2.75) is 19.3 Å². The summed E-state index contributed by atoms with van der Waals surface area (Å²) in [4.78, 5) is 4.63. The van der Waals surface area contributed by atoms with Crippen LogP contribution in [0.15, 0.2) is 34.1 Å². The molecule has 1 aromatic carbocycles. The van der Waals surface area contributed by atoms with Crippen LogP contribution in [0.2, 0.25) is 0 Å². The van der Waals surface area contributed by atoms with Gasteiger partial charge in [-0.15, -0.1) is 11.3 Å². The third-order valence-electron chi connectivity index (χ3n) is 2.67. The third kappa shape index (κ3) is 3.37. The number of nitrogens with two attached hydrogens (primary N) is 1. The smallest absolute Gasteiger partial charge is 0.0972 e. The van der Waals surface area contributed by atoms with E-state index in [2.05, 4.69) is 51.4 Å². The fraction of sp³-hybridized carbons (Fsp3) is 0.308. The topological polar surface area (TPSA) is 38.9 Å². The van der Waals surface area contributed by atoms with E-state index in [1.807, 2.05) is 6.07 Å². The molecular weight excluding hydrogens is 296 g/mol. The molecule has 1 atom stereocenters. The Morgan fingerprint density at radius 2 is 2.29 bits per heavy atom. The molecule has 2 N–H and O–H groups in total. The lowest BCUT2D eigenvalue weighted by atomic mass is 10.1. The van der Waals surface area contributed by atoms with Crippen LogP contribution < -0.4 is 5.73 Å². The molecular formula is C13H15BrN2S. The largest absolute Gasteiger partial charge is 0.330 e. The summed E-state index contributed by atoms with van der Waals surface area (Å²) in [6.45, 7) is 2.76. The van der Waals surface area contributed by atoms with E-state index in [-0.39, 0.29) is 0 Å². The predicted octanol–water partition coefficient (Wildman–Crippen LogP) is 3.56. The van der Waals surface area contributed by atoms with Gasteiger partial charge in [0.25, 0.3) is 0 Å². The highest BCUT2D eigenvalue weighted by atomic mass is 79.9. The number of thiazole rings is 1. The molecule has 17 heavy (non-hydrogen) atoms. The van der Waals surface area contributed by atoms with Crippen molar-refractivity contribution in [3.63, 3.8) is 0 Å². The summed E-state index contributed by atoms with van der Waals surface area (Å²) >= 11 is 5.19. The van der Waals surface area contributed by atoms with Gasteiger partial charge in [0, 0.05) is 28.7 Å². The molecule has 0 saturated heterocycles. The van der Waals surface area contributed by atoms with E-state index in [0.29, 0.717) is 12.5 Å². The molecule has 0 aliphatic rings. The first-order chi connectivity index (χ1) is 8.19. The average Bonchev–Trinajstić information content (AvgIpc) is 2.76. The molecule has 0 fully saturated rings. The highest BCUT2D eigenvalue weighted by molar-refractivity contribution is 9.10. The van der Waals surface area contributed by atoms with Crippen molar-refractivity contribution in [2.24, 2.45) is 5.73 Å². The van der Waals surface area contributed by atoms with Gasteiger partial charge < -0.3 is 5.73 Å². The second kappa shape index (κ2) is 5.76. The Labute approximate surface area is 114 Å². The summed E-state index contributed by atoms with van der Waals surface area (Å²) in [6.07, 6.45) is 0.890. The Morgan fingerprint density at radius 1 is 1.47 bits per heavy atom. The normalized spacial score (nSPS) is 12.6. The number of hydrogen-bond acceptors (Lipinski definition) is 3. The van der Waals surface area contributed by atoms with Crippen LogP contribution in [0.5, 0.6) is 0 Å². The van der Waals surface area contributed by atoms with Crippen LogP contribution in [0.3, 0.4) is 0 Å². The molecule has 0 spiro atoms. The third-order valence-corrected chi connectivity index (χ3v) is 4.03. The van der Waals surface area contributed by atoms with Crippen molar-refractivity contribution < 1.29 is 0 Å². The van der Waals surface area contributed by atoms with Gasteiger partial charge in [0.15, 0.2) is 0 Å². The maximum Gasteiger partial charge on any atom is 0.0972 e. The van der Waals surface area contributed by atoms with Crippen molar-refractivity contribution in [3.05, 3.63) is 50.4 Å². The zero-order chi connectivity index (χ0) is 12.3. The van der Waals surface area contributed by atoms with Crippen molar-refractivity contribution in [1.29, 1.82) is 0 Å². The van der Waals surface area contributed by atoms with E-state index in [1.165, 1.54) is 5.56 Å². The molecule has 0 aliphatic heterocycles. The summed E-state index contributed by atoms with van der Waals surface area (Å²) in [5.74, 6) is 0.350. The Bertz CT molecular complexity index is 496. The number of hydrogen-bond donors (Lipinski definition) is 1. The molecule has 1 unspecified atom stereocenters. The predicted molar refractivity (Wildman–Crippen MR) is 76.5 cm³/mol. The van der Waals surface area contributed by atoms with Gasteiger partial charge in [-0.05, 0) is 17.7 Å². The van der Waals surface area contributed by atoms with Gasteiger partial charge in [-0.2, -0.15) is 0 Å². The maximum absolute atomic E-state index is 5.64. The van der Waals surface area contributed by atoms with Gasteiger partial charge in [-0.3, -0.25) is 0 Å². The fourth-order valence-electron chi connectivity index (χ4n) is 1.57. The minimum atomic E-state index is 0.350. The lowest BCUT2D eigenvalue weighted by Crippen LogP contribution is -2.09. The standard InChI is InChI=1S/C13H15BrN2S/c1-9(7-15)12-8-17-13(16-12)6-10-3-2-4-11(14)5-10/h2-5,8-9H,6-7,15H2,1H3. The Balaban J connectivity index is 2.11. The summed E-state index contributed by atoms with van der Waals surface area (Å²) < 4.78 is 1.11. The van der Waals surface area contributed by atoms with Crippen LogP contribution >= 0.6 is 27.3 Å². The van der Waals surface area contributed by atoms with Gasteiger partial charge in [-0.1, -0.05) is 35.0 Å².